The van der Waals surface area contributed by atoms with Gasteiger partial charge in [-0.3, -0.25) is 14.8 Å². The maximum atomic E-state index is 11.1. The molecule has 0 aliphatic rings. The number of carbonyl (C=O) groups is 1. The second-order valence-corrected chi connectivity index (χ2v) is 3.72. The van der Waals surface area contributed by atoms with E-state index in [4.69, 9.17) is 9.84 Å². The van der Waals surface area contributed by atoms with E-state index in [-0.39, 0.29) is 11.8 Å². The zero-order valence-corrected chi connectivity index (χ0v) is 10.4. The highest BCUT2D eigenvalue weighted by molar-refractivity contribution is 5.91. The summed E-state index contributed by atoms with van der Waals surface area (Å²) in [7, 11) is 0. The Kier molecular flexibility index (Phi) is 3.60. The molecule has 2 rings (SSSR count). The Balaban J connectivity index is 2.35. The number of hydrogen-bond acceptors (Lipinski definition) is 6. The van der Waals surface area contributed by atoms with Crippen molar-refractivity contribution in [3.05, 3.63) is 40.2 Å². The lowest BCUT2D eigenvalue weighted by Crippen LogP contribution is -2.04. The molecule has 0 saturated heterocycles. The van der Waals surface area contributed by atoms with E-state index in [2.05, 4.69) is 10.1 Å². The Morgan fingerprint density at radius 1 is 1.60 bits per heavy atom. The van der Waals surface area contributed by atoms with Crippen molar-refractivity contribution in [2.24, 2.45) is 0 Å². The van der Waals surface area contributed by atoms with Crippen molar-refractivity contribution in [3.8, 4) is 11.8 Å². The van der Waals surface area contributed by atoms with Crippen molar-refractivity contribution in [3.63, 3.8) is 0 Å². The molecule has 20 heavy (non-hydrogen) atoms. The highest BCUT2D eigenvalue weighted by Crippen LogP contribution is 2.25. The summed E-state index contributed by atoms with van der Waals surface area (Å²) in [6.07, 6.45) is 2.58. The fourth-order valence-corrected chi connectivity index (χ4v) is 1.45. The number of carboxylic acids is 1. The van der Waals surface area contributed by atoms with Gasteiger partial charge < -0.3 is 9.84 Å². The molecular formula is C11H10N4O5. The van der Waals surface area contributed by atoms with Crippen molar-refractivity contribution in [2.75, 3.05) is 0 Å². The maximum absolute atomic E-state index is 11.1. The van der Waals surface area contributed by atoms with E-state index in [0.29, 0.717) is 6.54 Å². The summed E-state index contributed by atoms with van der Waals surface area (Å²) in [5, 5.41) is 23.6. The lowest BCUT2D eigenvalue weighted by molar-refractivity contribution is -0.385. The molecule has 0 aliphatic carbocycles. The number of aryl methyl sites for hydroxylation is 1. The van der Waals surface area contributed by atoms with E-state index in [9.17, 15) is 14.9 Å². The molecule has 1 N–H and O–H groups in total. The largest absolute Gasteiger partial charge is 0.477 e. The number of rotatable bonds is 5. The number of nitrogens with zero attached hydrogens (tertiary/aromatic N) is 4. The first-order valence-corrected chi connectivity index (χ1v) is 5.60. The Morgan fingerprint density at radius 2 is 2.35 bits per heavy atom. The Bertz CT molecular complexity index is 667. The van der Waals surface area contributed by atoms with E-state index in [1.807, 2.05) is 6.92 Å². The minimum Gasteiger partial charge on any atom is -0.477 e. The monoisotopic (exact) mass is 278 g/mol. The van der Waals surface area contributed by atoms with Gasteiger partial charge >= 0.3 is 5.97 Å². The van der Waals surface area contributed by atoms with Crippen molar-refractivity contribution < 1.29 is 19.6 Å². The van der Waals surface area contributed by atoms with Gasteiger partial charge in [0.2, 0.25) is 11.8 Å². The van der Waals surface area contributed by atoms with Crippen LogP contribution in [0.1, 0.15) is 17.3 Å². The Morgan fingerprint density at radius 3 is 2.90 bits per heavy atom. The molecule has 0 unspecified atom stereocenters. The van der Waals surface area contributed by atoms with Gasteiger partial charge in [0.1, 0.15) is 11.8 Å². The lowest BCUT2D eigenvalue weighted by atomic mass is 10.2. The quantitative estimate of drug-likeness (QED) is 0.652. The molecule has 2 aromatic rings. The molecule has 0 atom stereocenters. The first-order chi connectivity index (χ1) is 9.51. The van der Waals surface area contributed by atoms with Crippen molar-refractivity contribution in [1.29, 1.82) is 0 Å². The van der Waals surface area contributed by atoms with E-state index in [0.717, 1.165) is 12.3 Å². The van der Waals surface area contributed by atoms with Crippen LogP contribution in [0.4, 0.5) is 5.69 Å². The van der Waals surface area contributed by atoms with E-state index < -0.39 is 22.1 Å². The van der Waals surface area contributed by atoms with Gasteiger partial charge in [0.15, 0.2) is 0 Å². The molecule has 9 heteroatoms. The third kappa shape index (κ3) is 2.71. The fraction of sp³-hybridized carbons (Fsp3) is 0.182. The molecule has 104 valence electrons. The topological polar surface area (TPSA) is 120 Å². The molecule has 2 heterocycles. The number of pyridine rings is 1. The van der Waals surface area contributed by atoms with Crippen LogP contribution in [0.3, 0.4) is 0 Å². The SMILES string of the molecule is CCn1ccc(Oc2ncc([N+](=O)[O-])cc2C(=O)O)n1. The number of carboxylic acid groups (broad SMARTS) is 1. The van der Waals surface area contributed by atoms with E-state index in [1.165, 1.54) is 6.07 Å². The highest BCUT2D eigenvalue weighted by Gasteiger charge is 2.19. The predicted octanol–water partition coefficient (Wildman–Crippen LogP) is 1.70. The number of aromatic carboxylic acids is 1. The summed E-state index contributed by atoms with van der Waals surface area (Å²) in [4.78, 5) is 24.6. The van der Waals surface area contributed by atoms with Crippen molar-refractivity contribution in [1.82, 2.24) is 14.8 Å². The zero-order valence-electron chi connectivity index (χ0n) is 10.4. The minimum atomic E-state index is -1.37. The van der Waals surface area contributed by atoms with Crippen LogP contribution in [0.25, 0.3) is 0 Å². The van der Waals surface area contributed by atoms with Gasteiger partial charge in [0.05, 0.1) is 4.92 Å². The summed E-state index contributed by atoms with van der Waals surface area (Å²) in [6.45, 7) is 2.51. The molecule has 0 amide bonds. The average Bonchev–Trinajstić information content (AvgIpc) is 2.86. The third-order valence-corrected chi connectivity index (χ3v) is 2.42. The molecule has 0 saturated carbocycles. The smallest absolute Gasteiger partial charge is 0.341 e. The molecule has 0 bridgehead atoms. The molecule has 0 aromatic carbocycles. The summed E-state index contributed by atoms with van der Waals surface area (Å²) in [5.41, 5.74) is -0.820. The van der Waals surface area contributed by atoms with Crippen LogP contribution in [0.2, 0.25) is 0 Å². The standard InChI is InChI=1S/C11H10N4O5/c1-2-14-4-3-9(13-14)20-10-8(11(16)17)5-7(6-12-10)15(18)19/h3-6H,2H2,1H3,(H,16,17). The maximum Gasteiger partial charge on any atom is 0.341 e. The molecule has 0 radical (unpaired) electrons. The zero-order chi connectivity index (χ0) is 14.7. The molecule has 9 nitrogen and oxygen atoms in total. The predicted molar refractivity (Wildman–Crippen MR) is 65.8 cm³/mol. The minimum absolute atomic E-state index is 0.163. The number of nitro groups is 1. The summed E-state index contributed by atoms with van der Waals surface area (Å²) >= 11 is 0. The molecule has 0 fully saturated rings. The van der Waals surface area contributed by atoms with Crippen LogP contribution >= 0.6 is 0 Å². The van der Waals surface area contributed by atoms with Gasteiger partial charge in [0, 0.05) is 24.9 Å². The van der Waals surface area contributed by atoms with Crippen LogP contribution in [0, 0.1) is 10.1 Å². The van der Waals surface area contributed by atoms with E-state index >= 15 is 0 Å². The van der Waals surface area contributed by atoms with Crippen LogP contribution < -0.4 is 4.74 Å². The fourth-order valence-electron chi connectivity index (χ4n) is 1.45. The first-order valence-electron chi connectivity index (χ1n) is 5.60. The van der Waals surface area contributed by atoms with Gasteiger partial charge in [-0.05, 0) is 6.92 Å². The molecule has 2 aromatic heterocycles. The van der Waals surface area contributed by atoms with Crippen LogP contribution in [0.5, 0.6) is 11.8 Å². The second-order valence-electron chi connectivity index (χ2n) is 3.72. The van der Waals surface area contributed by atoms with Gasteiger partial charge in [-0.25, -0.2) is 9.78 Å². The van der Waals surface area contributed by atoms with Crippen LogP contribution in [-0.2, 0) is 6.54 Å². The van der Waals surface area contributed by atoms with Gasteiger partial charge in [0.25, 0.3) is 5.69 Å². The average molecular weight is 278 g/mol. The summed E-state index contributed by atoms with van der Waals surface area (Å²) in [6, 6.07) is 2.43. The number of aromatic nitrogens is 3. The first kappa shape index (κ1) is 13.5. The highest BCUT2D eigenvalue weighted by atomic mass is 16.6. The Hall–Kier alpha value is -2.97. The summed E-state index contributed by atoms with van der Waals surface area (Å²) in [5.74, 6) is -1.45. The van der Waals surface area contributed by atoms with Crippen LogP contribution in [0.15, 0.2) is 24.5 Å². The van der Waals surface area contributed by atoms with Gasteiger partial charge in [-0.1, -0.05) is 0 Å². The van der Waals surface area contributed by atoms with Gasteiger partial charge in [-0.15, -0.1) is 5.10 Å². The molecular weight excluding hydrogens is 268 g/mol. The van der Waals surface area contributed by atoms with Crippen molar-refractivity contribution >= 4 is 11.7 Å². The molecule has 0 spiro atoms. The third-order valence-electron chi connectivity index (χ3n) is 2.42. The van der Waals surface area contributed by atoms with Gasteiger partial charge in [-0.2, -0.15) is 0 Å². The van der Waals surface area contributed by atoms with Crippen LogP contribution in [-0.4, -0.2) is 30.8 Å². The summed E-state index contributed by atoms with van der Waals surface area (Å²) < 4.78 is 6.83. The Labute approximate surface area is 112 Å². The number of hydrogen-bond donors (Lipinski definition) is 1. The molecule has 0 aliphatic heterocycles. The lowest BCUT2D eigenvalue weighted by Gasteiger charge is -2.04. The normalized spacial score (nSPS) is 10.2. The van der Waals surface area contributed by atoms with Crippen molar-refractivity contribution in [2.45, 2.75) is 13.5 Å². The second kappa shape index (κ2) is 5.34. The van der Waals surface area contributed by atoms with E-state index in [1.54, 1.807) is 10.9 Å². The number of ether oxygens (including phenoxy) is 1.